The molecule has 0 atom stereocenters. The maximum absolute atomic E-state index is 13.0. The molecule has 0 aliphatic heterocycles. The monoisotopic (exact) mass is 339 g/mol. The normalized spacial score (nSPS) is 10.2. The van der Waals surface area contributed by atoms with Crippen LogP contribution in [0.25, 0.3) is 0 Å². The fraction of sp³-hybridized carbons (Fsp3) is 0.125. The Hall–Kier alpha value is -2.47. The molecule has 120 valence electrons. The van der Waals surface area contributed by atoms with Gasteiger partial charge in [0.2, 0.25) is 0 Å². The first-order chi connectivity index (χ1) is 11.0. The number of ether oxygens (including phenoxy) is 1. The summed E-state index contributed by atoms with van der Waals surface area (Å²) in [6, 6.07) is 9.68. The van der Waals surface area contributed by atoms with Crippen LogP contribution in [0.3, 0.4) is 0 Å². The first-order valence-electron chi connectivity index (χ1n) is 6.59. The number of halogens is 3. The van der Waals surface area contributed by atoms with Gasteiger partial charge in [0.15, 0.2) is 18.2 Å². The van der Waals surface area contributed by atoms with Crippen molar-refractivity contribution in [3.8, 4) is 0 Å². The van der Waals surface area contributed by atoms with Gasteiger partial charge in [0.25, 0.3) is 5.91 Å². The van der Waals surface area contributed by atoms with Gasteiger partial charge in [-0.1, -0.05) is 29.8 Å². The molecule has 0 aromatic heterocycles. The summed E-state index contributed by atoms with van der Waals surface area (Å²) in [7, 11) is 0. The fourth-order valence-electron chi connectivity index (χ4n) is 1.77. The Morgan fingerprint density at radius 1 is 1.09 bits per heavy atom. The predicted molar refractivity (Wildman–Crippen MR) is 81.1 cm³/mol. The molecule has 7 heteroatoms. The average Bonchev–Trinajstić information content (AvgIpc) is 2.51. The SMILES string of the molecule is O=C(COC(=O)Cc1ccccc1Cl)Nc1ccc(F)c(F)c1. The zero-order valence-corrected chi connectivity index (χ0v) is 12.6. The number of amides is 1. The highest BCUT2D eigenvalue weighted by molar-refractivity contribution is 6.31. The smallest absolute Gasteiger partial charge is 0.310 e. The zero-order chi connectivity index (χ0) is 16.8. The Balaban J connectivity index is 1.83. The van der Waals surface area contributed by atoms with E-state index in [0.29, 0.717) is 10.6 Å². The predicted octanol–water partition coefficient (Wildman–Crippen LogP) is 3.34. The van der Waals surface area contributed by atoms with E-state index in [1.807, 2.05) is 0 Å². The van der Waals surface area contributed by atoms with Crippen molar-refractivity contribution in [3.63, 3.8) is 0 Å². The molecule has 0 fully saturated rings. The third kappa shape index (κ3) is 5.03. The highest BCUT2D eigenvalue weighted by Gasteiger charge is 2.11. The number of carbonyl (C=O) groups excluding carboxylic acids is 2. The summed E-state index contributed by atoms with van der Waals surface area (Å²) >= 11 is 5.91. The van der Waals surface area contributed by atoms with Crippen molar-refractivity contribution in [2.45, 2.75) is 6.42 Å². The first-order valence-corrected chi connectivity index (χ1v) is 6.97. The number of hydrogen-bond acceptors (Lipinski definition) is 3. The van der Waals surface area contributed by atoms with Crippen molar-refractivity contribution in [1.82, 2.24) is 0 Å². The maximum Gasteiger partial charge on any atom is 0.310 e. The van der Waals surface area contributed by atoms with Crippen molar-refractivity contribution in [2.24, 2.45) is 0 Å². The van der Waals surface area contributed by atoms with Crippen molar-refractivity contribution in [1.29, 1.82) is 0 Å². The third-order valence-corrected chi connectivity index (χ3v) is 3.23. The Kier molecular flexibility index (Phi) is 5.65. The zero-order valence-electron chi connectivity index (χ0n) is 11.8. The number of carbonyl (C=O) groups is 2. The molecule has 2 aromatic carbocycles. The summed E-state index contributed by atoms with van der Waals surface area (Å²) in [6.07, 6.45) is -0.0713. The summed E-state index contributed by atoms with van der Waals surface area (Å²) < 4.78 is 30.6. The molecule has 2 aromatic rings. The molecular weight excluding hydrogens is 328 g/mol. The number of hydrogen-bond donors (Lipinski definition) is 1. The van der Waals surface area contributed by atoms with Gasteiger partial charge in [-0.05, 0) is 23.8 Å². The highest BCUT2D eigenvalue weighted by Crippen LogP contribution is 2.16. The second-order valence-electron chi connectivity index (χ2n) is 4.61. The lowest BCUT2D eigenvalue weighted by molar-refractivity contribution is -0.146. The molecule has 2 rings (SSSR count). The second kappa shape index (κ2) is 7.69. The van der Waals surface area contributed by atoms with Crippen LogP contribution < -0.4 is 5.32 Å². The van der Waals surface area contributed by atoms with Crippen LogP contribution in [0.1, 0.15) is 5.56 Å². The van der Waals surface area contributed by atoms with E-state index in [-0.39, 0.29) is 12.1 Å². The van der Waals surface area contributed by atoms with Gasteiger partial charge in [0.05, 0.1) is 6.42 Å². The van der Waals surface area contributed by atoms with Gasteiger partial charge >= 0.3 is 5.97 Å². The molecule has 0 heterocycles. The van der Waals surface area contributed by atoms with Crippen LogP contribution in [0, 0.1) is 11.6 Å². The van der Waals surface area contributed by atoms with Crippen molar-refractivity contribution in [2.75, 3.05) is 11.9 Å². The van der Waals surface area contributed by atoms with Crippen LogP contribution in [-0.4, -0.2) is 18.5 Å². The lowest BCUT2D eigenvalue weighted by Gasteiger charge is -2.07. The quantitative estimate of drug-likeness (QED) is 0.850. The Labute approximate surface area is 136 Å². The lowest BCUT2D eigenvalue weighted by Crippen LogP contribution is -2.21. The average molecular weight is 340 g/mol. The van der Waals surface area contributed by atoms with Crippen LogP contribution in [0.4, 0.5) is 14.5 Å². The summed E-state index contributed by atoms with van der Waals surface area (Å²) in [5.74, 6) is -3.39. The van der Waals surface area contributed by atoms with Gasteiger partial charge in [0.1, 0.15) is 0 Å². The Bertz CT molecular complexity index is 737. The van der Waals surface area contributed by atoms with E-state index in [4.69, 9.17) is 16.3 Å². The van der Waals surface area contributed by atoms with E-state index in [1.54, 1.807) is 24.3 Å². The summed E-state index contributed by atoms with van der Waals surface area (Å²) in [5, 5.41) is 2.72. The molecule has 0 saturated heterocycles. The minimum atomic E-state index is -1.08. The molecule has 0 saturated carbocycles. The highest BCUT2D eigenvalue weighted by atomic mass is 35.5. The van der Waals surface area contributed by atoms with Crippen molar-refractivity contribution >= 4 is 29.2 Å². The van der Waals surface area contributed by atoms with E-state index < -0.39 is 30.1 Å². The van der Waals surface area contributed by atoms with Gasteiger partial charge in [-0.25, -0.2) is 8.78 Å². The van der Waals surface area contributed by atoms with Gasteiger partial charge in [0, 0.05) is 16.8 Å². The Morgan fingerprint density at radius 2 is 1.83 bits per heavy atom. The lowest BCUT2D eigenvalue weighted by atomic mass is 10.1. The summed E-state index contributed by atoms with van der Waals surface area (Å²) in [6.45, 7) is -0.539. The van der Waals surface area contributed by atoms with Crippen LogP contribution in [0.15, 0.2) is 42.5 Å². The minimum Gasteiger partial charge on any atom is -0.455 e. The molecule has 0 unspecified atom stereocenters. The first kappa shape index (κ1) is 16.9. The van der Waals surface area contributed by atoms with Crippen LogP contribution >= 0.6 is 11.6 Å². The van der Waals surface area contributed by atoms with Gasteiger partial charge in [-0.15, -0.1) is 0 Å². The number of esters is 1. The molecule has 1 amide bonds. The summed E-state index contributed by atoms with van der Waals surface area (Å²) in [4.78, 5) is 23.3. The molecule has 0 aliphatic carbocycles. The second-order valence-corrected chi connectivity index (χ2v) is 5.01. The van der Waals surface area contributed by atoms with Crippen molar-refractivity contribution < 1.29 is 23.1 Å². The molecule has 0 spiro atoms. The number of rotatable bonds is 5. The molecule has 1 N–H and O–H groups in total. The Morgan fingerprint density at radius 3 is 2.52 bits per heavy atom. The van der Waals surface area contributed by atoms with Gasteiger partial charge in [-0.2, -0.15) is 0 Å². The maximum atomic E-state index is 13.0. The van der Waals surface area contributed by atoms with Gasteiger partial charge in [-0.3, -0.25) is 9.59 Å². The molecule has 23 heavy (non-hydrogen) atoms. The minimum absolute atomic E-state index is 0.0658. The van der Waals surface area contributed by atoms with E-state index in [0.717, 1.165) is 12.1 Å². The standard InChI is InChI=1S/C16H12ClF2NO3/c17-12-4-2-1-3-10(12)7-16(22)23-9-15(21)20-11-5-6-13(18)14(19)8-11/h1-6,8H,7,9H2,(H,20,21). The topological polar surface area (TPSA) is 55.4 Å². The third-order valence-electron chi connectivity index (χ3n) is 2.86. The van der Waals surface area contributed by atoms with E-state index >= 15 is 0 Å². The van der Waals surface area contributed by atoms with Crippen molar-refractivity contribution in [3.05, 3.63) is 64.7 Å². The van der Waals surface area contributed by atoms with Crippen LogP contribution in [-0.2, 0) is 20.7 Å². The number of benzene rings is 2. The number of nitrogens with one attached hydrogen (secondary N) is 1. The van der Waals surface area contributed by atoms with E-state index in [1.165, 1.54) is 6.07 Å². The fourth-order valence-corrected chi connectivity index (χ4v) is 1.97. The van der Waals surface area contributed by atoms with E-state index in [9.17, 15) is 18.4 Å². The largest absolute Gasteiger partial charge is 0.455 e. The molecular formula is C16H12ClF2NO3. The molecule has 0 aliphatic rings. The molecule has 0 radical (unpaired) electrons. The van der Waals surface area contributed by atoms with E-state index in [2.05, 4.69) is 5.32 Å². The molecule has 0 bridgehead atoms. The molecule has 4 nitrogen and oxygen atoms in total. The number of anilines is 1. The van der Waals surface area contributed by atoms with Gasteiger partial charge < -0.3 is 10.1 Å². The summed E-state index contributed by atoms with van der Waals surface area (Å²) in [5.41, 5.74) is 0.649. The van der Waals surface area contributed by atoms with Crippen LogP contribution in [0.2, 0.25) is 5.02 Å². The van der Waals surface area contributed by atoms with Crippen LogP contribution in [0.5, 0.6) is 0 Å².